The van der Waals surface area contributed by atoms with Gasteiger partial charge in [0, 0.05) is 52.4 Å². The summed E-state index contributed by atoms with van der Waals surface area (Å²) in [6.07, 6.45) is 21.4. The van der Waals surface area contributed by atoms with Crippen LogP contribution in [0.4, 0.5) is 0 Å². The van der Waals surface area contributed by atoms with Gasteiger partial charge in [-0.25, -0.2) is 0 Å². The Labute approximate surface area is 332 Å². The molecule has 0 aromatic rings. The van der Waals surface area contributed by atoms with Crippen LogP contribution in [0.5, 0.6) is 0 Å². The van der Waals surface area contributed by atoms with Crippen molar-refractivity contribution in [1.29, 1.82) is 0 Å². The molecule has 8 heterocycles. The van der Waals surface area contributed by atoms with Gasteiger partial charge in [0.1, 0.15) is 0 Å². The van der Waals surface area contributed by atoms with Gasteiger partial charge in [-0.2, -0.15) is 0 Å². The third kappa shape index (κ3) is 37.0. The summed E-state index contributed by atoms with van der Waals surface area (Å²) < 4.78 is 5.10. The normalized spacial score (nSPS) is 25.4. The lowest BCUT2D eigenvalue weighted by molar-refractivity contribution is 0.0503. The summed E-state index contributed by atoms with van der Waals surface area (Å²) in [7, 11) is 17.3. The van der Waals surface area contributed by atoms with E-state index in [1.165, 1.54) is 188 Å². The topological polar surface area (TPSA) is 47.0 Å². The van der Waals surface area contributed by atoms with Crippen LogP contribution in [0.2, 0.25) is 0 Å². The molecular formula is C43H95N9O. The number of rotatable bonds is 0. The minimum absolute atomic E-state index is 0.913. The minimum Gasteiger partial charge on any atom is -0.379 e. The molecule has 8 fully saturated rings. The maximum atomic E-state index is 5.10. The number of hydrogen-bond acceptors (Lipinski definition) is 10. The molecule has 8 saturated heterocycles. The van der Waals surface area contributed by atoms with Gasteiger partial charge in [-0.3, -0.25) is 0 Å². The van der Waals surface area contributed by atoms with Crippen molar-refractivity contribution < 1.29 is 4.74 Å². The highest BCUT2D eigenvalue weighted by atomic mass is 16.5. The maximum Gasteiger partial charge on any atom is 0.0594 e. The summed E-state index contributed by atoms with van der Waals surface area (Å²) in [5.74, 6) is 0. The molecule has 318 valence electrons. The molecule has 0 spiro atoms. The van der Waals surface area contributed by atoms with Crippen LogP contribution in [0.1, 0.15) is 96.3 Å². The molecule has 1 N–H and O–H groups in total. The van der Waals surface area contributed by atoms with E-state index in [1.54, 1.807) is 0 Å². The van der Waals surface area contributed by atoms with Crippen molar-refractivity contribution in [2.24, 2.45) is 0 Å². The highest BCUT2D eigenvalue weighted by Crippen LogP contribution is 2.09. The van der Waals surface area contributed by atoms with E-state index in [0.717, 1.165) is 39.4 Å². The zero-order chi connectivity index (χ0) is 38.8. The molecule has 0 atom stereocenters. The van der Waals surface area contributed by atoms with Crippen molar-refractivity contribution in [3.05, 3.63) is 0 Å². The number of nitrogens with zero attached hydrogens (tertiary/aromatic N) is 8. The predicted molar refractivity (Wildman–Crippen MR) is 233 cm³/mol. The van der Waals surface area contributed by atoms with Crippen molar-refractivity contribution in [1.82, 2.24) is 44.5 Å². The average Bonchev–Trinajstić information content (AvgIpc) is 3.85. The first-order valence-electron chi connectivity index (χ1n) is 22.4. The zero-order valence-electron chi connectivity index (χ0n) is 37.2. The van der Waals surface area contributed by atoms with Crippen molar-refractivity contribution in [3.63, 3.8) is 0 Å². The third-order valence-corrected chi connectivity index (χ3v) is 11.1. The van der Waals surface area contributed by atoms with Crippen LogP contribution in [0, 0.1) is 0 Å². The smallest absolute Gasteiger partial charge is 0.0594 e. The van der Waals surface area contributed by atoms with Gasteiger partial charge in [0.15, 0.2) is 0 Å². The molecule has 0 saturated carbocycles. The summed E-state index contributed by atoms with van der Waals surface area (Å²) >= 11 is 0. The fraction of sp³-hybridized carbons (Fsp3) is 1.00. The van der Waals surface area contributed by atoms with Gasteiger partial charge in [0.05, 0.1) is 13.2 Å². The van der Waals surface area contributed by atoms with Gasteiger partial charge in [0.25, 0.3) is 0 Å². The number of likely N-dealkylation sites (N-methyl/N-ethyl adjacent to an activating group) is 3. The second-order valence-electron chi connectivity index (χ2n) is 17.1. The van der Waals surface area contributed by atoms with Crippen molar-refractivity contribution in [3.8, 4) is 0 Å². The fourth-order valence-corrected chi connectivity index (χ4v) is 6.57. The first-order valence-corrected chi connectivity index (χ1v) is 22.4. The van der Waals surface area contributed by atoms with Crippen LogP contribution < -0.4 is 5.32 Å². The fourth-order valence-electron chi connectivity index (χ4n) is 6.57. The summed E-state index contributed by atoms with van der Waals surface area (Å²) in [6.45, 7) is 24.6. The van der Waals surface area contributed by atoms with E-state index >= 15 is 0 Å². The van der Waals surface area contributed by atoms with Crippen molar-refractivity contribution >= 4 is 0 Å². The Hall–Kier alpha value is -0.400. The zero-order valence-corrected chi connectivity index (χ0v) is 37.2. The first kappa shape index (κ1) is 50.6. The SMILES string of the molecule is CN1CC1.CN1CCC1.CN1CCCC1.CN1CCCCC1.CN1CCCCCC1.CN1CCCCCCC1.CN1CCNCC1.CN1CCOCC1. The molecular weight excluding hydrogens is 659 g/mol. The summed E-state index contributed by atoms with van der Waals surface area (Å²) in [4.78, 5) is 18.8. The van der Waals surface area contributed by atoms with Gasteiger partial charge < -0.3 is 49.3 Å². The highest BCUT2D eigenvalue weighted by molar-refractivity contribution is 4.65. The van der Waals surface area contributed by atoms with Gasteiger partial charge in [-0.1, -0.05) is 38.5 Å². The molecule has 0 aliphatic carbocycles. The number of likely N-dealkylation sites (tertiary alicyclic amines) is 5. The molecule has 0 radical (unpaired) electrons. The van der Waals surface area contributed by atoms with Gasteiger partial charge in [-0.05, 0) is 180 Å². The Balaban J connectivity index is 0.000000305. The van der Waals surface area contributed by atoms with Crippen molar-refractivity contribution in [2.75, 3.05) is 187 Å². The maximum absolute atomic E-state index is 5.10. The monoisotopic (exact) mass is 754 g/mol. The summed E-state index contributed by atoms with van der Waals surface area (Å²) in [5, 5.41) is 3.27. The Kier molecular flexibility index (Phi) is 34.4. The quantitative estimate of drug-likeness (QED) is 0.346. The molecule has 0 unspecified atom stereocenters. The lowest BCUT2D eigenvalue weighted by Gasteiger charge is -2.24. The van der Waals surface area contributed by atoms with Crippen LogP contribution in [-0.4, -0.2) is 227 Å². The van der Waals surface area contributed by atoms with Crippen LogP contribution in [0.3, 0.4) is 0 Å². The number of hydrogen-bond donors (Lipinski definition) is 1. The Morgan fingerprint density at radius 3 is 0.642 bits per heavy atom. The van der Waals surface area contributed by atoms with E-state index in [9.17, 15) is 0 Å². The highest BCUT2D eigenvalue weighted by Gasteiger charge is 2.08. The number of morpholine rings is 1. The molecule has 0 aromatic carbocycles. The van der Waals surface area contributed by atoms with E-state index < -0.39 is 0 Å². The molecule has 8 aliphatic rings. The standard InChI is InChI=1S/C8H17N.C7H15N.C6H13N.C5H12N2.C5H11NO.C5H11N.C4H9N.C3H7N/c1-9-7-5-3-2-4-6-8-9;1-8-6-4-2-3-5-7-8;1-7-5-3-2-4-6-7;1-7-4-2-6-3-5-7;1-6-2-4-7-5-3-6;1-6-4-2-3-5-6;1-5-3-2-4-5;1-4-2-3-4/h2-8H2,1H3;2-7H2,1H3;2-6H2,1H3;6H,2-5H2,1H3;2-5H2,1H3;2-5H2,1H3;2-4H2,1H3;2-3H2,1H3. The van der Waals surface area contributed by atoms with Gasteiger partial charge in [0.2, 0.25) is 0 Å². The second kappa shape index (κ2) is 36.0. The third-order valence-electron chi connectivity index (χ3n) is 11.1. The molecule has 0 bridgehead atoms. The molecule has 0 amide bonds. The van der Waals surface area contributed by atoms with Crippen LogP contribution in [-0.2, 0) is 4.74 Å². The Morgan fingerprint density at radius 1 is 0.245 bits per heavy atom. The Morgan fingerprint density at radius 2 is 0.453 bits per heavy atom. The lowest BCUT2D eigenvalue weighted by Crippen LogP contribution is -2.40. The van der Waals surface area contributed by atoms with E-state index in [-0.39, 0.29) is 0 Å². The molecule has 10 heteroatoms. The summed E-state index contributed by atoms with van der Waals surface area (Å²) in [5.41, 5.74) is 0. The second-order valence-corrected chi connectivity index (χ2v) is 17.1. The van der Waals surface area contributed by atoms with Crippen molar-refractivity contribution in [2.45, 2.75) is 96.3 Å². The number of piperidine rings is 1. The largest absolute Gasteiger partial charge is 0.379 e. The van der Waals surface area contributed by atoms with E-state index in [0.29, 0.717) is 0 Å². The molecule has 8 rings (SSSR count). The van der Waals surface area contributed by atoms with Crippen LogP contribution in [0.15, 0.2) is 0 Å². The number of nitrogens with one attached hydrogen (secondary N) is 1. The minimum atomic E-state index is 0.913. The van der Waals surface area contributed by atoms with Crippen LogP contribution >= 0.6 is 0 Å². The number of piperazine rings is 1. The van der Waals surface area contributed by atoms with E-state index in [1.807, 2.05) is 0 Å². The predicted octanol–water partition coefficient (Wildman–Crippen LogP) is 4.91. The number of ether oxygens (including phenoxy) is 1. The summed E-state index contributed by atoms with van der Waals surface area (Å²) in [6, 6.07) is 0. The first-order chi connectivity index (χ1) is 25.7. The molecule has 0 aromatic heterocycles. The molecule has 53 heavy (non-hydrogen) atoms. The average molecular weight is 754 g/mol. The van der Waals surface area contributed by atoms with Crippen LogP contribution in [0.25, 0.3) is 0 Å². The van der Waals surface area contributed by atoms with Gasteiger partial charge >= 0.3 is 0 Å². The van der Waals surface area contributed by atoms with E-state index in [2.05, 4.69) is 101 Å². The Bertz CT molecular complexity index is 679. The molecule has 8 aliphatic heterocycles. The van der Waals surface area contributed by atoms with E-state index in [4.69, 9.17) is 4.74 Å². The van der Waals surface area contributed by atoms with Gasteiger partial charge in [-0.15, -0.1) is 0 Å². The molecule has 10 nitrogen and oxygen atoms in total. The lowest BCUT2D eigenvalue weighted by atomic mass is 10.1.